The van der Waals surface area contributed by atoms with Gasteiger partial charge in [0, 0.05) is 12.1 Å². The van der Waals surface area contributed by atoms with Gasteiger partial charge in [-0.15, -0.1) is 0 Å². The van der Waals surface area contributed by atoms with Crippen LogP contribution in [0.25, 0.3) is 0 Å². The highest BCUT2D eigenvalue weighted by molar-refractivity contribution is 4.88. The van der Waals surface area contributed by atoms with Crippen molar-refractivity contribution in [2.75, 3.05) is 6.54 Å². The van der Waals surface area contributed by atoms with Gasteiger partial charge < -0.3 is 0 Å². The molecule has 0 unspecified atom stereocenters. The predicted molar refractivity (Wildman–Crippen MR) is 56.9 cm³/mol. The molecule has 13 heavy (non-hydrogen) atoms. The second-order valence-electron chi connectivity index (χ2n) is 4.76. The summed E-state index contributed by atoms with van der Waals surface area (Å²) in [5.41, 5.74) is 0. The lowest BCUT2D eigenvalue weighted by Gasteiger charge is -2.37. The molecule has 1 nitrogen and oxygen atoms in total. The van der Waals surface area contributed by atoms with Crippen LogP contribution in [0.1, 0.15) is 58.3 Å². The fraction of sp³-hybridized carbons (Fsp3) is 1.00. The zero-order valence-electron chi connectivity index (χ0n) is 8.97. The number of hydrogen-bond acceptors (Lipinski definition) is 1. The Morgan fingerprint density at radius 1 is 1.15 bits per heavy atom. The average Bonchev–Trinajstić information content (AvgIpc) is 2.62. The highest BCUT2D eigenvalue weighted by Gasteiger charge is 2.32. The van der Waals surface area contributed by atoms with Gasteiger partial charge in [-0.25, -0.2) is 0 Å². The Morgan fingerprint density at radius 3 is 2.85 bits per heavy atom. The first-order chi connectivity index (χ1) is 6.42. The van der Waals surface area contributed by atoms with Crippen molar-refractivity contribution in [1.82, 2.24) is 4.90 Å². The molecule has 0 spiro atoms. The van der Waals surface area contributed by atoms with Gasteiger partial charge in [0.25, 0.3) is 0 Å². The molecule has 0 saturated carbocycles. The third-order valence-electron chi connectivity index (χ3n) is 3.86. The van der Waals surface area contributed by atoms with Gasteiger partial charge >= 0.3 is 0 Å². The highest BCUT2D eigenvalue weighted by Crippen LogP contribution is 2.32. The summed E-state index contributed by atoms with van der Waals surface area (Å²) < 4.78 is 0. The van der Waals surface area contributed by atoms with Crippen molar-refractivity contribution in [2.24, 2.45) is 0 Å². The maximum atomic E-state index is 2.82. The largest absolute Gasteiger partial charge is 0.297 e. The normalized spacial score (nSPS) is 34.8. The van der Waals surface area contributed by atoms with E-state index in [2.05, 4.69) is 11.8 Å². The fourth-order valence-electron chi connectivity index (χ4n) is 3.15. The molecule has 2 aliphatic heterocycles. The van der Waals surface area contributed by atoms with E-state index in [1.807, 2.05) is 0 Å². The minimum atomic E-state index is 0.959. The van der Waals surface area contributed by atoms with Crippen molar-refractivity contribution in [1.29, 1.82) is 0 Å². The molecule has 0 radical (unpaired) electrons. The van der Waals surface area contributed by atoms with Crippen LogP contribution >= 0.6 is 0 Å². The molecule has 2 heterocycles. The van der Waals surface area contributed by atoms with Gasteiger partial charge in [-0.1, -0.05) is 26.2 Å². The molecule has 0 N–H and O–H groups in total. The third kappa shape index (κ3) is 2.07. The lowest BCUT2D eigenvalue weighted by molar-refractivity contribution is 0.114. The van der Waals surface area contributed by atoms with Crippen LogP contribution < -0.4 is 0 Å². The lowest BCUT2D eigenvalue weighted by atomic mass is 9.93. The van der Waals surface area contributed by atoms with Gasteiger partial charge in [0.1, 0.15) is 0 Å². The van der Waals surface area contributed by atoms with Crippen molar-refractivity contribution < 1.29 is 0 Å². The molecule has 2 atom stereocenters. The summed E-state index contributed by atoms with van der Waals surface area (Å²) in [6.45, 7) is 3.71. The molecule has 0 amide bonds. The van der Waals surface area contributed by atoms with Crippen LogP contribution in [0.5, 0.6) is 0 Å². The number of unbranched alkanes of at least 4 members (excludes halogenated alkanes) is 1. The Morgan fingerprint density at radius 2 is 2.00 bits per heavy atom. The smallest absolute Gasteiger partial charge is 0.00986 e. The molecule has 2 aliphatic rings. The van der Waals surface area contributed by atoms with Gasteiger partial charge in [-0.05, 0) is 38.6 Å². The average molecular weight is 181 g/mol. The maximum absolute atomic E-state index is 2.82. The van der Waals surface area contributed by atoms with E-state index in [9.17, 15) is 0 Å². The molecule has 2 rings (SSSR count). The number of nitrogens with zero attached hydrogens (tertiary/aromatic N) is 1. The summed E-state index contributed by atoms with van der Waals surface area (Å²) >= 11 is 0. The molecule has 0 aliphatic carbocycles. The standard InChI is InChI=1S/C12H23N/c1-2-3-6-11-7-4-8-12-9-5-10-13(11)12/h11-12H,2-10H2,1H3/t11-,12-/m1/s1. The topological polar surface area (TPSA) is 3.24 Å². The molecule has 0 aromatic rings. The van der Waals surface area contributed by atoms with Gasteiger partial charge in [0.15, 0.2) is 0 Å². The number of piperidine rings is 1. The first kappa shape index (κ1) is 9.51. The van der Waals surface area contributed by atoms with Crippen LogP contribution in [0.15, 0.2) is 0 Å². The van der Waals surface area contributed by atoms with E-state index >= 15 is 0 Å². The lowest BCUT2D eigenvalue weighted by Crippen LogP contribution is -2.42. The van der Waals surface area contributed by atoms with E-state index in [0.29, 0.717) is 0 Å². The molecule has 0 bridgehead atoms. The summed E-state index contributed by atoms with van der Waals surface area (Å²) in [5.74, 6) is 0. The van der Waals surface area contributed by atoms with Gasteiger partial charge in [0.2, 0.25) is 0 Å². The zero-order chi connectivity index (χ0) is 9.10. The molecular formula is C12H23N. The molecule has 0 aromatic carbocycles. The zero-order valence-corrected chi connectivity index (χ0v) is 8.97. The summed E-state index contributed by atoms with van der Waals surface area (Å²) in [6, 6.07) is 1.94. The van der Waals surface area contributed by atoms with Gasteiger partial charge in [-0.3, -0.25) is 4.90 Å². The Hall–Kier alpha value is -0.0400. The van der Waals surface area contributed by atoms with Crippen LogP contribution in [-0.4, -0.2) is 23.5 Å². The molecule has 2 fully saturated rings. The first-order valence-electron chi connectivity index (χ1n) is 6.17. The van der Waals surface area contributed by atoms with E-state index in [1.54, 1.807) is 0 Å². The van der Waals surface area contributed by atoms with Gasteiger partial charge in [-0.2, -0.15) is 0 Å². The Balaban J connectivity index is 1.86. The Kier molecular flexibility index (Phi) is 3.26. The predicted octanol–water partition coefficient (Wildman–Crippen LogP) is 3.19. The van der Waals surface area contributed by atoms with Crippen molar-refractivity contribution in [3.63, 3.8) is 0 Å². The summed E-state index contributed by atoms with van der Waals surface area (Å²) in [4.78, 5) is 2.82. The van der Waals surface area contributed by atoms with Crippen molar-refractivity contribution in [3.05, 3.63) is 0 Å². The third-order valence-corrected chi connectivity index (χ3v) is 3.86. The minimum Gasteiger partial charge on any atom is -0.297 e. The monoisotopic (exact) mass is 181 g/mol. The summed E-state index contributed by atoms with van der Waals surface area (Å²) in [5, 5.41) is 0. The van der Waals surface area contributed by atoms with Crippen molar-refractivity contribution >= 4 is 0 Å². The highest BCUT2D eigenvalue weighted by atomic mass is 15.2. The number of rotatable bonds is 3. The van der Waals surface area contributed by atoms with E-state index in [0.717, 1.165) is 12.1 Å². The quantitative estimate of drug-likeness (QED) is 0.646. The van der Waals surface area contributed by atoms with E-state index < -0.39 is 0 Å². The molecule has 2 saturated heterocycles. The van der Waals surface area contributed by atoms with Crippen LogP contribution in [-0.2, 0) is 0 Å². The molecule has 1 heteroatoms. The van der Waals surface area contributed by atoms with Crippen LogP contribution in [0, 0.1) is 0 Å². The van der Waals surface area contributed by atoms with E-state index in [1.165, 1.54) is 57.9 Å². The number of hydrogen-bond donors (Lipinski definition) is 0. The Labute approximate surface area is 82.5 Å². The molecular weight excluding hydrogens is 158 g/mol. The molecule has 0 aromatic heterocycles. The SMILES string of the molecule is CCCC[C@@H]1CCC[C@@H]2CCCN12. The van der Waals surface area contributed by atoms with E-state index in [-0.39, 0.29) is 0 Å². The summed E-state index contributed by atoms with van der Waals surface area (Å²) in [6.07, 6.45) is 11.7. The first-order valence-corrected chi connectivity index (χ1v) is 6.17. The molecule has 76 valence electrons. The Bertz CT molecular complexity index is 155. The summed E-state index contributed by atoms with van der Waals surface area (Å²) in [7, 11) is 0. The maximum Gasteiger partial charge on any atom is 0.00986 e. The van der Waals surface area contributed by atoms with Crippen LogP contribution in [0.2, 0.25) is 0 Å². The second-order valence-corrected chi connectivity index (χ2v) is 4.76. The van der Waals surface area contributed by atoms with Crippen LogP contribution in [0.3, 0.4) is 0 Å². The second kappa shape index (κ2) is 4.45. The van der Waals surface area contributed by atoms with Crippen molar-refractivity contribution in [3.8, 4) is 0 Å². The van der Waals surface area contributed by atoms with Crippen LogP contribution in [0.4, 0.5) is 0 Å². The number of fused-ring (bicyclic) bond motifs is 1. The van der Waals surface area contributed by atoms with Crippen molar-refractivity contribution in [2.45, 2.75) is 70.4 Å². The van der Waals surface area contributed by atoms with E-state index in [4.69, 9.17) is 0 Å². The van der Waals surface area contributed by atoms with Gasteiger partial charge in [0.05, 0.1) is 0 Å². The fourth-order valence-corrected chi connectivity index (χ4v) is 3.15. The minimum absolute atomic E-state index is 0.959.